The van der Waals surface area contributed by atoms with Gasteiger partial charge < -0.3 is 31.1 Å². The highest BCUT2D eigenvalue weighted by Crippen LogP contribution is 2.30. The van der Waals surface area contributed by atoms with Crippen molar-refractivity contribution in [2.45, 2.75) is 78.8 Å². The molecule has 2 aliphatic rings. The standard InChI is InChI=1S/C62H58F2N6O6/c1-39-3-7-45(8-4-39)33-67-61(75)55-31-49-37-69(35-47(49)29-53(55)59(73)65-25-23-41-15-19-51(63)20-16-41)57(71)27-43-11-13-44(14-12-43)28-58(72)70-36-48-30-54(60(74)66-26-24-42-17-21-52(64)22-18-42)56(32-50(48)38-70)62(76)68-34-46-9-5-40(2)6-10-46/h3-22,29-32H,23-28,33-38H2,1-2H3,(H,65,73)(H,66,74)(H,67,75)(H,68,76). The molecule has 0 spiro atoms. The molecule has 0 atom stereocenters. The molecule has 0 fully saturated rings. The molecular formula is C62H58F2N6O6. The van der Waals surface area contributed by atoms with Gasteiger partial charge in [-0.05, 0) is 131 Å². The fourth-order valence-corrected chi connectivity index (χ4v) is 9.45. The van der Waals surface area contributed by atoms with Crippen molar-refractivity contribution in [2.24, 2.45) is 0 Å². The normalized spacial score (nSPS) is 12.4. The predicted octanol–water partition coefficient (Wildman–Crippen LogP) is 8.56. The third kappa shape index (κ3) is 13.1. The Labute approximate surface area is 440 Å². The minimum absolute atomic E-state index is 0.0906. The summed E-state index contributed by atoms with van der Waals surface area (Å²) in [5.74, 6) is -2.68. The van der Waals surface area contributed by atoms with Gasteiger partial charge in [-0.15, -0.1) is 0 Å². The maximum absolute atomic E-state index is 13.8. The zero-order chi connectivity index (χ0) is 53.3. The van der Waals surface area contributed by atoms with E-state index in [2.05, 4.69) is 21.3 Å². The fourth-order valence-electron chi connectivity index (χ4n) is 9.45. The molecule has 7 aromatic carbocycles. The van der Waals surface area contributed by atoms with Gasteiger partial charge in [-0.3, -0.25) is 28.8 Å². The Bertz CT molecular complexity index is 3090. The zero-order valence-corrected chi connectivity index (χ0v) is 42.4. The number of nitrogens with zero attached hydrogens (tertiary/aromatic N) is 2. The highest BCUT2D eigenvalue weighted by Gasteiger charge is 2.30. The van der Waals surface area contributed by atoms with Gasteiger partial charge in [0.05, 0.1) is 35.1 Å². The number of amides is 6. The van der Waals surface area contributed by atoms with Gasteiger partial charge in [-0.25, -0.2) is 8.78 Å². The lowest BCUT2D eigenvalue weighted by molar-refractivity contribution is -0.131. The van der Waals surface area contributed by atoms with Crippen molar-refractivity contribution >= 4 is 35.4 Å². The summed E-state index contributed by atoms with van der Waals surface area (Å²) in [6, 6.07) is 41.8. The van der Waals surface area contributed by atoms with Gasteiger partial charge in [0.2, 0.25) is 11.8 Å². The Morgan fingerprint density at radius 3 is 0.974 bits per heavy atom. The summed E-state index contributed by atoms with van der Waals surface area (Å²) >= 11 is 0. The van der Waals surface area contributed by atoms with Gasteiger partial charge in [0.1, 0.15) is 11.6 Å². The van der Waals surface area contributed by atoms with Crippen LogP contribution in [0.5, 0.6) is 0 Å². The predicted molar refractivity (Wildman–Crippen MR) is 285 cm³/mol. The number of aryl methyl sites for hydroxylation is 2. The molecule has 76 heavy (non-hydrogen) atoms. The number of carbonyl (C=O) groups excluding carboxylic acids is 6. The van der Waals surface area contributed by atoms with Gasteiger partial charge in [-0.1, -0.05) is 108 Å². The minimum Gasteiger partial charge on any atom is -0.352 e. The zero-order valence-electron chi connectivity index (χ0n) is 42.4. The van der Waals surface area contributed by atoms with Crippen LogP contribution in [-0.2, 0) is 74.5 Å². The molecule has 2 heterocycles. The van der Waals surface area contributed by atoms with Gasteiger partial charge in [-0.2, -0.15) is 0 Å². The van der Waals surface area contributed by atoms with E-state index in [1.54, 1.807) is 58.3 Å². The number of carbonyl (C=O) groups is 6. The van der Waals surface area contributed by atoms with Crippen LogP contribution in [0.1, 0.15) is 108 Å². The van der Waals surface area contributed by atoms with Crippen molar-refractivity contribution < 1.29 is 37.5 Å². The van der Waals surface area contributed by atoms with Crippen LogP contribution < -0.4 is 21.3 Å². The van der Waals surface area contributed by atoms with Crippen LogP contribution in [0.3, 0.4) is 0 Å². The molecule has 9 rings (SSSR count). The molecule has 0 radical (unpaired) electrons. The summed E-state index contributed by atoms with van der Waals surface area (Å²) in [4.78, 5) is 86.0. The molecule has 4 N–H and O–H groups in total. The third-order valence-electron chi connectivity index (χ3n) is 13.9. The third-order valence-corrected chi connectivity index (χ3v) is 13.9. The van der Waals surface area contributed by atoms with Gasteiger partial charge >= 0.3 is 0 Å². The van der Waals surface area contributed by atoms with E-state index < -0.39 is 23.6 Å². The second-order valence-electron chi connectivity index (χ2n) is 19.6. The van der Waals surface area contributed by atoms with Gasteiger partial charge in [0.15, 0.2) is 0 Å². The number of benzene rings is 7. The molecule has 0 unspecified atom stereocenters. The van der Waals surface area contributed by atoms with Crippen LogP contribution in [0.4, 0.5) is 8.78 Å². The van der Waals surface area contributed by atoms with Crippen LogP contribution in [0, 0.1) is 25.5 Å². The number of hydrogen-bond acceptors (Lipinski definition) is 6. The van der Waals surface area contributed by atoms with Crippen molar-refractivity contribution in [1.29, 1.82) is 0 Å². The lowest BCUT2D eigenvalue weighted by Crippen LogP contribution is -2.30. The first-order chi connectivity index (χ1) is 36.7. The van der Waals surface area contributed by atoms with E-state index in [4.69, 9.17) is 0 Å². The molecule has 2 aliphatic heterocycles. The minimum atomic E-state index is -0.433. The van der Waals surface area contributed by atoms with Gasteiger partial charge in [0, 0.05) is 52.4 Å². The largest absolute Gasteiger partial charge is 0.352 e. The molecule has 386 valence electrons. The number of rotatable bonds is 18. The second-order valence-corrected chi connectivity index (χ2v) is 19.6. The molecule has 0 aromatic heterocycles. The Hall–Kier alpha value is -8.78. The molecular weight excluding hydrogens is 963 g/mol. The smallest absolute Gasteiger partial charge is 0.252 e. The number of halogens is 2. The monoisotopic (exact) mass is 1020 g/mol. The van der Waals surface area contributed by atoms with E-state index in [1.165, 1.54) is 24.3 Å². The van der Waals surface area contributed by atoms with Crippen molar-refractivity contribution in [1.82, 2.24) is 31.1 Å². The Balaban J connectivity index is 0.823. The fraction of sp³-hybridized carbons (Fsp3) is 0.226. The maximum atomic E-state index is 13.8. The van der Waals surface area contributed by atoms with E-state index >= 15 is 0 Å². The number of nitrogens with one attached hydrogen (secondary N) is 4. The van der Waals surface area contributed by atoms with Crippen molar-refractivity contribution in [2.75, 3.05) is 13.1 Å². The van der Waals surface area contributed by atoms with E-state index in [9.17, 15) is 37.5 Å². The summed E-state index contributed by atoms with van der Waals surface area (Å²) in [6.07, 6.45) is 1.11. The SMILES string of the molecule is Cc1ccc(CNC(=O)c2cc3c(cc2C(=O)NCCc2ccc(F)cc2)CN(C(=O)Cc2ccc(CC(=O)N4Cc5cc(C(=O)NCCc6ccc(F)cc6)c(C(=O)NCc6ccc(C)cc6)cc5C4)cc2)C3)cc1. The molecule has 12 nitrogen and oxygen atoms in total. The van der Waals surface area contributed by atoms with E-state index in [1.807, 2.05) is 86.6 Å². The quantitative estimate of drug-likeness (QED) is 0.0675. The second kappa shape index (κ2) is 23.6. The topological polar surface area (TPSA) is 157 Å². The highest BCUT2D eigenvalue weighted by atomic mass is 19.1. The summed E-state index contributed by atoms with van der Waals surface area (Å²) in [7, 11) is 0. The van der Waals surface area contributed by atoms with Crippen LogP contribution in [-0.4, -0.2) is 58.3 Å². The highest BCUT2D eigenvalue weighted by molar-refractivity contribution is 6.08. The lowest BCUT2D eigenvalue weighted by Gasteiger charge is -2.16. The summed E-state index contributed by atoms with van der Waals surface area (Å²) in [5, 5.41) is 11.7. The first-order valence-corrected chi connectivity index (χ1v) is 25.4. The lowest BCUT2D eigenvalue weighted by atomic mass is 9.98. The van der Waals surface area contributed by atoms with Crippen molar-refractivity contribution in [3.05, 3.63) is 246 Å². The van der Waals surface area contributed by atoms with Gasteiger partial charge in [0.25, 0.3) is 23.6 Å². The molecule has 6 amide bonds. The van der Waals surface area contributed by atoms with Crippen LogP contribution in [0.25, 0.3) is 0 Å². The molecule has 0 bridgehead atoms. The average Bonchev–Trinajstić information content (AvgIpc) is 4.08. The number of hydrogen-bond donors (Lipinski definition) is 4. The van der Waals surface area contributed by atoms with Crippen molar-refractivity contribution in [3.8, 4) is 0 Å². The van der Waals surface area contributed by atoms with E-state index in [0.717, 1.165) is 66.8 Å². The first-order valence-electron chi connectivity index (χ1n) is 25.4. The average molecular weight is 1020 g/mol. The Kier molecular flexibility index (Phi) is 16.2. The molecule has 7 aromatic rings. The van der Waals surface area contributed by atoms with Crippen LogP contribution >= 0.6 is 0 Å². The van der Waals surface area contributed by atoms with Crippen molar-refractivity contribution in [3.63, 3.8) is 0 Å². The van der Waals surface area contributed by atoms with E-state index in [0.29, 0.717) is 12.8 Å². The Morgan fingerprint density at radius 1 is 0.382 bits per heavy atom. The summed E-state index contributed by atoms with van der Waals surface area (Å²) in [6.45, 7) is 6.03. The molecule has 14 heteroatoms. The maximum Gasteiger partial charge on any atom is 0.252 e. The molecule has 0 saturated heterocycles. The summed E-state index contributed by atoms with van der Waals surface area (Å²) in [5.41, 5.74) is 11.1. The van der Waals surface area contributed by atoms with Crippen LogP contribution in [0.2, 0.25) is 0 Å². The number of fused-ring (bicyclic) bond motifs is 2. The first kappa shape index (κ1) is 52.1. The molecule has 0 aliphatic carbocycles. The Morgan fingerprint density at radius 2 is 0.658 bits per heavy atom. The van der Waals surface area contributed by atoms with E-state index in [-0.39, 0.29) is 111 Å². The molecule has 0 saturated carbocycles. The van der Waals surface area contributed by atoms with Crippen LogP contribution in [0.15, 0.2) is 146 Å². The summed E-state index contributed by atoms with van der Waals surface area (Å²) < 4.78 is 27.0.